The summed E-state index contributed by atoms with van der Waals surface area (Å²) in [5.41, 5.74) is 6.50. The van der Waals surface area contributed by atoms with E-state index < -0.39 is 6.03 Å². The molecular formula is C20H24N6O. The molecule has 0 spiro atoms. The van der Waals surface area contributed by atoms with Crippen LogP contribution in [-0.4, -0.2) is 29.5 Å². The van der Waals surface area contributed by atoms with E-state index in [2.05, 4.69) is 22.3 Å². The van der Waals surface area contributed by atoms with Gasteiger partial charge >= 0.3 is 6.03 Å². The molecule has 0 heterocycles. The zero-order valence-electron chi connectivity index (χ0n) is 15.8. The van der Waals surface area contributed by atoms with E-state index in [0.717, 1.165) is 45.4 Å². The van der Waals surface area contributed by atoms with E-state index in [1.807, 2.05) is 44.2 Å². The molecule has 4 N–H and O–H groups in total. The van der Waals surface area contributed by atoms with Crippen molar-refractivity contribution in [2.24, 2.45) is 21.9 Å². The zero-order chi connectivity index (χ0) is 19.6. The van der Waals surface area contributed by atoms with Crippen molar-refractivity contribution in [3.8, 4) is 0 Å². The lowest BCUT2D eigenvalue weighted by Gasteiger charge is -2.22. The van der Waals surface area contributed by atoms with Crippen molar-refractivity contribution in [3.05, 3.63) is 64.7 Å². The third-order valence-electron chi connectivity index (χ3n) is 4.67. The van der Waals surface area contributed by atoms with Crippen molar-refractivity contribution >= 4 is 23.1 Å². The first-order valence-electron chi connectivity index (χ1n) is 8.76. The summed E-state index contributed by atoms with van der Waals surface area (Å²) in [6.07, 6.45) is 1.89. The molecule has 2 amide bonds. The van der Waals surface area contributed by atoms with Gasteiger partial charge in [0.2, 0.25) is 0 Å². The Hall–Kier alpha value is -3.03. The minimum absolute atomic E-state index is 0.507. The first-order valence-corrected chi connectivity index (χ1v) is 8.76. The number of rotatable bonds is 3. The molecule has 7 nitrogen and oxygen atoms in total. The molecule has 2 aromatic carbocycles. The minimum atomic E-state index is -0.507. The second-order valence-electron chi connectivity index (χ2n) is 6.65. The second-order valence-corrected chi connectivity index (χ2v) is 6.65. The number of hydrazine groups is 2. The van der Waals surface area contributed by atoms with Crippen LogP contribution < -0.4 is 16.7 Å². The molecule has 2 aromatic rings. The molecule has 1 aliphatic rings. The van der Waals surface area contributed by atoms with E-state index >= 15 is 0 Å². The zero-order valence-corrected chi connectivity index (χ0v) is 15.8. The van der Waals surface area contributed by atoms with Gasteiger partial charge in [0.25, 0.3) is 0 Å². The normalized spacial score (nSPS) is 15.0. The molecule has 3 rings (SSSR count). The number of nitrogens with zero attached hydrogens (tertiary/aromatic N) is 4. The molecule has 27 heavy (non-hydrogen) atoms. The molecule has 0 saturated carbocycles. The summed E-state index contributed by atoms with van der Waals surface area (Å²) in [5.74, 6) is 11.4. The predicted octanol–water partition coefficient (Wildman–Crippen LogP) is 2.76. The predicted molar refractivity (Wildman–Crippen MR) is 109 cm³/mol. The van der Waals surface area contributed by atoms with Gasteiger partial charge in [-0.05, 0) is 49.4 Å². The van der Waals surface area contributed by atoms with E-state index in [0.29, 0.717) is 5.69 Å². The molecule has 0 bridgehead atoms. The van der Waals surface area contributed by atoms with Crippen LogP contribution in [0.3, 0.4) is 0 Å². The van der Waals surface area contributed by atoms with Gasteiger partial charge in [0.15, 0.2) is 0 Å². The van der Waals surface area contributed by atoms with Gasteiger partial charge in [-0.15, -0.1) is 0 Å². The fourth-order valence-electron chi connectivity index (χ4n) is 3.07. The average Bonchev–Trinajstić information content (AvgIpc) is 3.08. The molecule has 0 aliphatic heterocycles. The van der Waals surface area contributed by atoms with Crippen LogP contribution in [-0.2, 0) is 6.42 Å². The van der Waals surface area contributed by atoms with Crippen molar-refractivity contribution in [2.75, 3.05) is 12.1 Å². The van der Waals surface area contributed by atoms with Crippen LogP contribution in [0.2, 0.25) is 0 Å². The van der Waals surface area contributed by atoms with Crippen molar-refractivity contribution in [2.45, 2.75) is 26.7 Å². The lowest BCUT2D eigenvalue weighted by Crippen LogP contribution is -2.48. The Labute approximate surface area is 158 Å². The average molecular weight is 364 g/mol. The molecule has 0 atom stereocenters. The number of amides is 2. The first kappa shape index (κ1) is 18.8. The lowest BCUT2D eigenvalue weighted by molar-refractivity contribution is 0.216. The third kappa shape index (κ3) is 3.89. The molecule has 0 unspecified atom stereocenters. The second kappa shape index (κ2) is 7.69. The summed E-state index contributed by atoms with van der Waals surface area (Å²) in [6, 6.07) is 13.4. The number of carbonyl (C=O) groups excluding carboxylic acids is 1. The largest absolute Gasteiger partial charge is 0.352 e. The first-order chi connectivity index (χ1) is 12.9. The van der Waals surface area contributed by atoms with Crippen LogP contribution in [0.5, 0.6) is 0 Å². The summed E-state index contributed by atoms with van der Waals surface area (Å²) in [4.78, 5) is 12.0. The summed E-state index contributed by atoms with van der Waals surface area (Å²) in [7, 11) is 1.45. The van der Waals surface area contributed by atoms with Gasteiger partial charge < -0.3 is 0 Å². The number of aryl methyl sites for hydroxylation is 2. The summed E-state index contributed by atoms with van der Waals surface area (Å²) < 4.78 is 0. The van der Waals surface area contributed by atoms with Crippen LogP contribution in [0.15, 0.2) is 52.7 Å². The van der Waals surface area contributed by atoms with E-state index in [1.54, 1.807) is 0 Å². The van der Waals surface area contributed by atoms with Gasteiger partial charge in [0.05, 0.1) is 17.1 Å². The number of hydrogen-bond acceptors (Lipinski definition) is 5. The van der Waals surface area contributed by atoms with E-state index in [9.17, 15) is 4.79 Å². The molecular weight excluding hydrogens is 340 g/mol. The SMILES string of the molecule is C/C(=N\N=C1/CCc2ccccc21)c1ccc(C)c(N(N)C(=O)N(C)N)c1. The van der Waals surface area contributed by atoms with Gasteiger partial charge in [-0.25, -0.2) is 21.5 Å². The van der Waals surface area contributed by atoms with Gasteiger partial charge in [-0.1, -0.05) is 36.4 Å². The fraction of sp³-hybridized carbons (Fsp3) is 0.250. The monoisotopic (exact) mass is 364 g/mol. The van der Waals surface area contributed by atoms with Crippen LogP contribution in [0, 0.1) is 6.92 Å². The summed E-state index contributed by atoms with van der Waals surface area (Å²) >= 11 is 0. The highest BCUT2D eigenvalue weighted by molar-refractivity contribution is 6.06. The van der Waals surface area contributed by atoms with Gasteiger partial charge in [-0.3, -0.25) is 5.01 Å². The number of anilines is 1. The maximum absolute atomic E-state index is 12.0. The Balaban J connectivity index is 1.88. The summed E-state index contributed by atoms with van der Waals surface area (Å²) in [6.45, 7) is 3.77. The van der Waals surface area contributed by atoms with Crippen LogP contribution >= 0.6 is 0 Å². The molecule has 1 aliphatic carbocycles. The Morgan fingerprint density at radius 1 is 1.11 bits per heavy atom. The topological polar surface area (TPSA) is 100 Å². The smallest absolute Gasteiger partial charge is 0.264 e. The van der Waals surface area contributed by atoms with E-state index in [-0.39, 0.29) is 0 Å². The Bertz CT molecular complexity index is 932. The lowest BCUT2D eigenvalue weighted by atomic mass is 10.1. The van der Waals surface area contributed by atoms with E-state index in [1.165, 1.54) is 18.2 Å². The fourth-order valence-corrected chi connectivity index (χ4v) is 3.07. The standard InChI is InChI=1S/C20H24N6O/c1-13-8-9-16(12-19(13)26(22)20(27)25(3)21)14(2)23-24-18-11-10-15-6-4-5-7-17(15)18/h4-9,12H,10-11,21-22H2,1-3H3/b23-14+,24-18+. The highest BCUT2D eigenvalue weighted by atomic mass is 16.2. The molecule has 0 aromatic heterocycles. The number of nitrogens with two attached hydrogens (primary N) is 2. The van der Waals surface area contributed by atoms with Crippen LogP contribution in [0.25, 0.3) is 0 Å². The van der Waals surface area contributed by atoms with Gasteiger partial charge in [-0.2, -0.15) is 10.2 Å². The minimum Gasteiger partial charge on any atom is -0.264 e. The van der Waals surface area contributed by atoms with Gasteiger partial charge in [0, 0.05) is 12.6 Å². The molecule has 0 fully saturated rings. The van der Waals surface area contributed by atoms with Crippen LogP contribution in [0.1, 0.15) is 35.6 Å². The number of carbonyl (C=O) groups is 1. The third-order valence-corrected chi connectivity index (χ3v) is 4.67. The molecule has 0 saturated heterocycles. The van der Waals surface area contributed by atoms with Crippen molar-refractivity contribution in [3.63, 3.8) is 0 Å². The van der Waals surface area contributed by atoms with Crippen molar-refractivity contribution < 1.29 is 4.79 Å². The van der Waals surface area contributed by atoms with Crippen LogP contribution in [0.4, 0.5) is 10.5 Å². The maximum Gasteiger partial charge on any atom is 0.352 e. The van der Waals surface area contributed by atoms with Crippen molar-refractivity contribution in [1.82, 2.24) is 5.01 Å². The number of hydrogen-bond donors (Lipinski definition) is 2. The Morgan fingerprint density at radius 2 is 1.85 bits per heavy atom. The molecule has 0 radical (unpaired) electrons. The molecule has 140 valence electrons. The van der Waals surface area contributed by atoms with Crippen molar-refractivity contribution in [1.29, 1.82) is 0 Å². The number of fused-ring (bicyclic) bond motifs is 1. The maximum atomic E-state index is 12.0. The number of urea groups is 1. The van der Waals surface area contributed by atoms with E-state index in [4.69, 9.17) is 11.7 Å². The van der Waals surface area contributed by atoms with Gasteiger partial charge in [0.1, 0.15) is 0 Å². The highest BCUT2D eigenvalue weighted by Gasteiger charge is 2.18. The number of benzene rings is 2. The molecule has 7 heteroatoms. The quantitative estimate of drug-likeness (QED) is 0.379. The highest BCUT2D eigenvalue weighted by Crippen LogP contribution is 2.23. The Morgan fingerprint density at radius 3 is 2.59 bits per heavy atom. The summed E-state index contributed by atoms with van der Waals surface area (Å²) in [5, 5.41) is 10.9. The Kier molecular flexibility index (Phi) is 5.34.